The highest BCUT2D eigenvalue weighted by Gasteiger charge is 2.47. The van der Waals surface area contributed by atoms with E-state index in [0.717, 1.165) is 36.8 Å². The molecule has 2 heteroatoms. The number of hydrogen-bond acceptors (Lipinski definition) is 2. The zero-order valence-corrected chi connectivity index (χ0v) is 9.03. The van der Waals surface area contributed by atoms with Crippen LogP contribution < -0.4 is 0 Å². The van der Waals surface area contributed by atoms with Crippen molar-refractivity contribution in [2.75, 3.05) is 0 Å². The average molecular weight is 208 g/mol. The first kappa shape index (κ1) is 9.43. The SMILES string of the molecule is N#CC1(c2ccc(C3(C#N)CC3)cc2)CC1. The Hall–Kier alpha value is -1.80. The van der Waals surface area contributed by atoms with E-state index in [1.54, 1.807) is 0 Å². The normalized spacial score (nSPS) is 22.9. The lowest BCUT2D eigenvalue weighted by molar-refractivity contribution is 0.882. The quantitative estimate of drug-likeness (QED) is 0.750. The minimum atomic E-state index is -0.206. The van der Waals surface area contributed by atoms with Gasteiger partial charge in [0.25, 0.3) is 0 Å². The van der Waals surface area contributed by atoms with Crippen LogP contribution in [0.3, 0.4) is 0 Å². The highest BCUT2D eigenvalue weighted by Crippen LogP contribution is 2.50. The summed E-state index contributed by atoms with van der Waals surface area (Å²) in [5.41, 5.74) is 1.82. The largest absolute Gasteiger partial charge is 0.197 e. The second-order valence-corrected chi connectivity index (χ2v) is 4.97. The van der Waals surface area contributed by atoms with Gasteiger partial charge in [0.15, 0.2) is 0 Å². The maximum atomic E-state index is 9.10. The summed E-state index contributed by atoms with van der Waals surface area (Å²) in [7, 11) is 0. The van der Waals surface area contributed by atoms with Crippen LogP contribution in [0, 0.1) is 22.7 Å². The molecule has 2 saturated carbocycles. The maximum Gasteiger partial charge on any atom is 0.0823 e. The molecule has 0 aromatic heterocycles. The fourth-order valence-corrected chi connectivity index (χ4v) is 2.29. The van der Waals surface area contributed by atoms with Crippen LogP contribution in [0.4, 0.5) is 0 Å². The summed E-state index contributed by atoms with van der Waals surface area (Å²) in [6.45, 7) is 0. The predicted octanol–water partition coefficient (Wildman–Crippen LogP) is 2.80. The van der Waals surface area contributed by atoms with Crippen LogP contribution in [0.1, 0.15) is 36.8 Å². The number of benzene rings is 1. The van der Waals surface area contributed by atoms with Gasteiger partial charge in [-0.2, -0.15) is 10.5 Å². The van der Waals surface area contributed by atoms with Gasteiger partial charge in [0.1, 0.15) is 0 Å². The maximum absolute atomic E-state index is 9.10. The van der Waals surface area contributed by atoms with Crippen LogP contribution >= 0.6 is 0 Å². The van der Waals surface area contributed by atoms with E-state index in [1.165, 1.54) is 0 Å². The Balaban J connectivity index is 1.93. The molecule has 16 heavy (non-hydrogen) atoms. The molecule has 2 aliphatic carbocycles. The standard InChI is InChI=1S/C14H12N2/c15-9-13(5-6-13)11-1-2-12(4-3-11)14(10-16)7-8-14/h1-4H,5-8H2. The van der Waals surface area contributed by atoms with Crippen molar-refractivity contribution in [1.82, 2.24) is 0 Å². The molecule has 2 fully saturated rings. The number of nitriles is 2. The smallest absolute Gasteiger partial charge is 0.0823 e. The zero-order chi connectivity index (χ0) is 11.2. The molecule has 3 rings (SSSR count). The van der Waals surface area contributed by atoms with Gasteiger partial charge in [-0.3, -0.25) is 0 Å². The Morgan fingerprint density at radius 2 is 1.06 bits per heavy atom. The van der Waals surface area contributed by atoms with E-state index in [4.69, 9.17) is 10.5 Å². The number of hydrogen-bond donors (Lipinski definition) is 0. The molecule has 0 spiro atoms. The molecule has 2 nitrogen and oxygen atoms in total. The third-order valence-corrected chi connectivity index (χ3v) is 3.92. The summed E-state index contributed by atoms with van der Waals surface area (Å²) in [6.07, 6.45) is 3.91. The van der Waals surface area contributed by atoms with Crippen LogP contribution in [0.25, 0.3) is 0 Å². The molecule has 0 atom stereocenters. The summed E-state index contributed by atoms with van der Waals surface area (Å²) in [6, 6.07) is 12.9. The van der Waals surface area contributed by atoms with Gasteiger partial charge in [-0.15, -0.1) is 0 Å². The van der Waals surface area contributed by atoms with E-state index in [1.807, 2.05) is 24.3 Å². The van der Waals surface area contributed by atoms with Crippen molar-refractivity contribution in [3.8, 4) is 12.1 Å². The Labute approximate surface area is 95.1 Å². The van der Waals surface area contributed by atoms with Crippen molar-refractivity contribution in [3.05, 3.63) is 35.4 Å². The van der Waals surface area contributed by atoms with Gasteiger partial charge < -0.3 is 0 Å². The minimum absolute atomic E-state index is 0.206. The third-order valence-electron chi connectivity index (χ3n) is 3.92. The predicted molar refractivity (Wildman–Crippen MR) is 59.5 cm³/mol. The molecular formula is C14H12N2. The van der Waals surface area contributed by atoms with Crippen molar-refractivity contribution in [2.24, 2.45) is 0 Å². The van der Waals surface area contributed by atoms with Crippen LogP contribution in [0.15, 0.2) is 24.3 Å². The summed E-state index contributed by atoms with van der Waals surface area (Å²) in [5.74, 6) is 0. The van der Waals surface area contributed by atoms with Gasteiger partial charge in [-0.1, -0.05) is 24.3 Å². The van der Waals surface area contributed by atoms with E-state index in [2.05, 4.69) is 12.1 Å². The molecule has 78 valence electrons. The van der Waals surface area contributed by atoms with Gasteiger partial charge in [0, 0.05) is 0 Å². The fraction of sp³-hybridized carbons (Fsp3) is 0.429. The zero-order valence-electron chi connectivity index (χ0n) is 9.03. The van der Waals surface area contributed by atoms with E-state index in [9.17, 15) is 0 Å². The topological polar surface area (TPSA) is 47.6 Å². The van der Waals surface area contributed by atoms with Gasteiger partial charge >= 0.3 is 0 Å². The lowest BCUT2D eigenvalue weighted by Gasteiger charge is -2.09. The van der Waals surface area contributed by atoms with Crippen LogP contribution in [-0.4, -0.2) is 0 Å². The van der Waals surface area contributed by atoms with Crippen LogP contribution in [0.2, 0.25) is 0 Å². The third kappa shape index (κ3) is 1.17. The Kier molecular flexibility index (Phi) is 1.69. The highest BCUT2D eigenvalue weighted by molar-refractivity contribution is 5.45. The van der Waals surface area contributed by atoms with Crippen molar-refractivity contribution in [3.63, 3.8) is 0 Å². The van der Waals surface area contributed by atoms with Gasteiger partial charge in [0.2, 0.25) is 0 Å². The van der Waals surface area contributed by atoms with E-state index in [-0.39, 0.29) is 10.8 Å². The average Bonchev–Trinajstić information content (AvgIpc) is 3.24. The Bertz CT molecular complexity index is 456. The minimum Gasteiger partial charge on any atom is -0.197 e. The second-order valence-electron chi connectivity index (χ2n) is 4.97. The molecule has 0 radical (unpaired) electrons. The number of rotatable bonds is 2. The Morgan fingerprint density at radius 3 is 1.25 bits per heavy atom. The second kappa shape index (κ2) is 2.86. The van der Waals surface area contributed by atoms with Crippen LogP contribution in [-0.2, 0) is 10.8 Å². The molecular weight excluding hydrogens is 196 g/mol. The first-order valence-electron chi connectivity index (χ1n) is 5.68. The first-order valence-corrected chi connectivity index (χ1v) is 5.68. The van der Waals surface area contributed by atoms with Crippen LogP contribution in [0.5, 0.6) is 0 Å². The molecule has 0 unspecified atom stereocenters. The van der Waals surface area contributed by atoms with E-state index < -0.39 is 0 Å². The summed E-state index contributed by atoms with van der Waals surface area (Å²) >= 11 is 0. The van der Waals surface area contributed by atoms with Gasteiger partial charge in [-0.25, -0.2) is 0 Å². The molecule has 1 aromatic carbocycles. The number of nitrogens with zero attached hydrogens (tertiary/aromatic N) is 2. The highest BCUT2D eigenvalue weighted by atomic mass is 14.5. The molecule has 0 aliphatic heterocycles. The van der Waals surface area contributed by atoms with E-state index in [0.29, 0.717) is 0 Å². The van der Waals surface area contributed by atoms with E-state index >= 15 is 0 Å². The van der Waals surface area contributed by atoms with Crippen molar-refractivity contribution >= 4 is 0 Å². The monoisotopic (exact) mass is 208 g/mol. The van der Waals surface area contributed by atoms with Crippen molar-refractivity contribution in [1.29, 1.82) is 10.5 Å². The summed E-state index contributed by atoms with van der Waals surface area (Å²) in [4.78, 5) is 0. The molecule has 0 amide bonds. The first-order chi connectivity index (χ1) is 7.75. The summed E-state index contributed by atoms with van der Waals surface area (Å²) < 4.78 is 0. The molecule has 2 aliphatic rings. The molecule has 1 aromatic rings. The molecule has 0 saturated heterocycles. The fourth-order valence-electron chi connectivity index (χ4n) is 2.29. The molecule has 0 bridgehead atoms. The molecule has 0 heterocycles. The summed E-state index contributed by atoms with van der Waals surface area (Å²) in [5, 5.41) is 18.2. The Morgan fingerprint density at radius 1 is 0.750 bits per heavy atom. The van der Waals surface area contributed by atoms with Gasteiger partial charge in [0.05, 0.1) is 23.0 Å². The molecule has 0 N–H and O–H groups in total. The van der Waals surface area contributed by atoms with Crippen molar-refractivity contribution < 1.29 is 0 Å². The van der Waals surface area contributed by atoms with Crippen molar-refractivity contribution in [2.45, 2.75) is 36.5 Å². The lowest BCUT2D eigenvalue weighted by atomic mass is 9.92. The van der Waals surface area contributed by atoms with Gasteiger partial charge in [-0.05, 0) is 36.8 Å². The lowest BCUT2D eigenvalue weighted by Crippen LogP contribution is -2.05.